The molecule has 0 saturated heterocycles. The molecule has 0 fully saturated rings. The van der Waals surface area contributed by atoms with Crippen LogP contribution < -0.4 is 0 Å². The van der Waals surface area contributed by atoms with Crippen molar-refractivity contribution in [3.63, 3.8) is 0 Å². The summed E-state index contributed by atoms with van der Waals surface area (Å²) in [5.41, 5.74) is 0.289. The molecule has 0 N–H and O–H groups in total. The van der Waals surface area contributed by atoms with Crippen LogP contribution >= 0.6 is 0 Å². The first kappa shape index (κ1) is 21.9. The summed E-state index contributed by atoms with van der Waals surface area (Å²) in [7, 11) is 0. The van der Waals surface area contributed by atoms with E-state index in [0.29, 0.717) is 10.8 Å². The summed E-state index contributed by atoms with van der Waals surface area (Å²) in [4.78, 5) is 12.0. The maximum Gasteiger partial charge on any atom is 0.101 e. The fourth-order valence-corrected chi connectivity index (χ4v) is 2.03. The lowest BCUT2D eigenvalue weighted by molar-refractivity contribution is -0.411. The molecule has 22 heavy (non-hydrogen) atoms. The molecule has 0 amide bonds. The van der Waals surface area contributed by atoms with Crippen LogP contribution in [0.15, 0.2) is 0 Å². The van der Waals surface area contributed by atoms with E-state index in [1.807, 2.05) is 0 Å². The van der Waals surface area contributed by atoms with Crippen molar-refractivity contribution < 1.29 is 9.78 Å². The smallest absolute Gasteiger partial charge is 0.101 e. The third-order valence-corrected chi connectivity index (χ3v) is 4.75. The highest BCUT2D eigenvalue weighted by atomic mass is 17.2. The summed E-state index contributed by atoms with van der Waals surface area (Å²) in [5, 5.41) is 0. The molecular formula is C20H42O2. The van der Waals surface area contributed by atoms with Crippen LogP contribution in [0.4, 0.5) is 0 Å². The van der Waals surface area contributed by atoms with Crippen molar-refractivity contribution >= 4 is 0 Å². The van der Waals surface area contributed by atoms with Crippen LogP contribution in [0.3, 0.4) is 0 Å². The van der Waals surface area contributed by atoms with E-state index < -0.39 is 0 Å². The predicted molar refractivity (Wildman–Crippen MR) is 96.9 cm³/mol. The third kappa shape index (κ3) is 9.84. The van der Waals surface area contributed by atoms with E-state index in [1.54, 1.807) is 0 Å². The van der Waals surface area contributed by atoms with E-state index in [2.05, 4.69) is 69.2 Å². The monoisotopic (exact) mass is 314 g/mol. The minimum atomic E-state index is -0.189. The molecule has 2 nitrogen and oxygen atoms in total. The molecule has 0 saturated carbocycles. The Morgan fingerprint density at radius 3 is 0.955 bits per heavy atom. The summed E-state index contributed by atoms with van der Waals surface area (Å²) in [6.07, 6.45) is 6.31. The number of hydrogen-bond donors (Lipinski definition) is 0. The highest BCUT2D eigenvalue weighted by molar-refractivity contribution is 4.78. The van der Waals surface area contributed by atoms with Gasteiger partial charge in [-0.2, -0.15) is 0 Å². The molecule has 0 aliphatic heterocycles. The summed E-state index contributed by atoms with van der Waals surface area (Å²) >= 11 is 0. The quantitative estimate of drug-likeness (QED) is 0.339. The zero-order chi connectivity index (χ0) is 17.7. The van der Waals surface area contributed by atoms with Crippen LogP contribution in [0, 0.1) is 10.8 Å². The Balaban J connectivity index is 4.60. The lowest BCUT2D eigenvalue weighted by atomic mass is 9.84. The number of hydrogen-bond acceptors (Lipinski definition) is 2. The first-order chi connectivity index (χ1) is 9.74. The van der Waals surface area contributed by atoms with Gasteiger partial charge in [0.2, 0.25) is 0 Å². The highest BCUT2D eigenvalue weighted by Crippen LogP contribution is 2.34. The lowest BCUT2D eigenvalue weighted by Gasteiger charge is -2.36. The molecule has 0 bridgehead atoms. The second kappa shape index (κ2) is 8.15. The Hall–Kier alpha value is -0.0800. The lowest BCUT2D eigenvalue weighted by Crippen LogP contribution is -2.37. The Morgan fingerprint density at radius 2 is 0.773 bits per heavy atom. The Morgan fingerprint density at radius 1 is 0.500 bits per heavy atom. The van der Waals surface area contributed by atoms with Crippen LogP contribution in [0.1, 0.15) is 108 Å². The molecule has 0 aliphatic rings. The van der Waals surface area contributed by atoms with Crippen LogP contribution in [0.25, 0.3) is 0 Å². The van der Waals surface area contributed by atoms with Gasteiger partial charge < -0.3 is 0 Å². The summed E-state index contributed by atoms with van der Waals surface area (Å²) in [5.74, 6) is 0. The maximum absolute atomic E-state index is 6.00. The molecule has 134 valence electrons. The van der Waals surface area contributed by atoms with Crippen molar-refractivity contribution in [3.05, 3.63) is 0 Å². The Bertz CT molecular complexity index is 279. The van der Waals surface area contributed by atoms with Gasteiger partial charge in [0, 0.05) is 0 Å². The number of rotatable bonds is 9. The standard InChI is InChI=1S/C20H42O2/c1-11-19(9,15-13-17(3,4)5)21-22-20(10,12-2)16-14-18(6,7)8/h11-16H2,1-10H3. The first-order valence-electron chi connectivity index (χ1n) is 9.11. The van der Waals surface area contributed by atoms with Crippen LogP contribution in [0.2, 0.25) is 0 Å². The Kier molecular flexibility index (Phi) is 8.12. The summed E-state index contributed by atoms with van der Waals surface area (Å²) in [6.45, 7) is 22.4. The van der Waals surface area contributed by atoms with Gasteiger partial charge in [-0.05, 0) is 63.2 Å². The first-order valence-corrected chi connectivity index (χ1v) is 9.11. The predicted octanol–water partition coefficient (Wildman–Crippen LogP) is 6.92. The van der Waals surface area contributed by atoms with Gasteiger partial charge in [-0.25, -0.2) is 9.78 Å². The molecule has 0 rings (SSSR count). The van der Waals surface area contributed by atoms with Crippen molar-refractivity contribution in [2.45, 2.75) is 119 Å². The van der Waals surface area contributed by atoms with Gasteiger partial charge in [0.15, 0.2) is 0 Å². The van der Waals surface area contributed by atoms with Gasteiger partial charge in [0.1, 0.15) is 11.2 Å². The second-order valence-corrected chi connectivity index (χ2v) is 9.89. The summed E-state index contributed by atoms with van der Waals surface area (Å²) in [6, 6.07) is 0. The fraction of sp³-hybridized carbons (Fsp3) is 1.00. The van der Waals surface area contributed by atoms with Gasteiger partial charge in [-0.15, -0.1) is 0 Å². The van der Waals surface area contributed by atoms with E-state index >= 15 is 0 Å². The fourth-order valence-electron chi connectivity index (χ4n) is 2.03. The Labute approximate surface area is 140 Å². The molecule has 0 aromatic heterocycles. The molecule has 0 aliphatic carbocycles. The van der Waals surface area contributed by atoms with Crippen molar-refractivity contribution in [2.24, 2.45) is 10.8 Å². The van der Waals surface area contributed by atoms with Gasteiger partial charge in [0.25, 0.3) is 0 Å². The van der Waals surface area contributed by atoms with Crippen LogP contribution in [-0.4, -0.2) is 11.2 Å². The van der Waals surface area contributed by atoms with Gasteiger partial charge >= 0.3 is 0 Å². The molecule has 0 heterocycles. The van der Waals surface area contributed by atoms with E-state index in [1.165, 1.54) is 0 Å². The SMILES string of the molecule is CCC(C)(CCC(C)(C)C)OOC(C)(CC)CCC(C)(C)C. The van der Waals surface area contributed by atoms with Crippen molar-refractivity contribution in [2.75, 3.05) is 0 Å². The molecule has 2 heteroatoms. The van der Waals surface area contributed by atoms with Crippen molar-refractivity contribution in [1.29, 1.82) is 0 Å². The highest BCUT2D eigenvalue weighted by Gasteiger charge is 2.32. The minimum absolute atomic E-state index is 0.189. The third-order valence-electron chi connectivity index (χ3n) is 4.75. The minimum Gasteiger partial charge on any atom is -0.230 e. The van der Waals surface area contributed by atoms with E-state index in [-0.39, 0.29) is 11.2 Å². The van der Waals surface area contributed by atoms with Crippen molar-refractivity contribution in [1.82, 2.24) is 0 Å². The van der Waals surface area contributed by atoms with E-state index in [9.17, 15) is 0 Å². The van der Waals surface area contributed by atoms with Gasteiger partial charge in [-0.1, -0.05) is 55.4 Å². The molecule has 2 atom stereocenters. The molecule has 0 spiro atoms. The van der Waals surface area contributed by atoms with Gasteiger partial charge in [-0.3, -0.25) is 0 Å². The normalized spacial score (nSPS) is 18.8. The topological polar surface area (TPSA) is 18.5 Å². The van der Waals surface area contributed by atoms with Crippen molar-refractivity contribution in [3.8, 4) is 0 Å². The maximum atomic E-state index is 6.00. The molecule has 0 aromatic carbocycles. The molecule has 0 radical (unpaired) electrons. The zero-order valence-corrected chi connectivity index (χ0v) is 17.1. The van der Waals surface area contributed by atoms with E-state index in [4.69, 9.17) is 9.78 Å². The second-order valence-electron chi connectivity index (χ2n) is 9.89. The van der Waals surface area contributed by atoms with Crippen LogP contribution in [0.5, 0.6) is 0 Å². The van der Waals surface area contributed by atoms with E-state index in [0.717, 1.165) is 38.5 Å². The summed E-state index contributed by atoms with van der Waals surface area (Å²) < 4.78 is 0. The average Bonchev–Trinajstić information content (AvgIpc) is 2.39. The average molecular weight is 315 g/mol. The zero-order valence-electron chi connectivity index (χ0n) is 17.1. The van der Waals surface area contributed by atoms with Gasteiger partial charge in [0.05, 0.1) is 0 Å². The molecular weight excluding hydrogens is 272 g/mol. The molecule has 2 unspecified atom stereocenters. The largest absolute Gasteiger partial charge is 0.230 e. The molecule has 0 aromatic rings. The van der Waals surface area contributed by atoms with Crippen LogP contribution in [-0.2, 0) is 9.78 Å².